The predicted octanol–water partition coefficient (Wildman–Crippen LogP) is 3.80. The number of nitrogens with zero attached hydrogens (tertiary/aromatic N) is 1. The van der Waals surface area contributed by atoms with Gasteiger partial charge in [-0.05, 0) is 63.3 Å². The number of rotatable bonds is 5. The van der Waals surface area contributed by atoms with Crippen LogP contribution in [-0.2, 0) is 0 Å². The van der Waals surface area contributed by atoms with Crippen LogP contribution in [0.3, 0.4) is 0 Å². The first-order valence-corrected chi connectivity index (χ1v) is 9.15. The zero-order valence-electron chi connectivity index (χ0n) is 13.4. The Kier molecular flexibility index (Phi) is 4.72. The topological polar surface area (TPSA) is 29.3 Å². The minimum Gasteiger partial charge on any atom is -0.329 e. The molecule has 0 heterocycles. The van der Waals surface area contributed by atoms with E-state index in [1.807, 2.05) is 0 Å². The van der Waals surface area contributed by atoms with Crippen molar-refractivity contribution in [3.05, 3.63) is 0 Å². The van der Waals surface area contributed by atoms with E-state index < -0.39 is 0 Å². The van der Waals surface area contributed by atoms with Gasteiger partial charge in [0.2, 0.25) is 0 Å². The third-order valence-corrected chi connectivity index (χ3v) is 6.59. The van der Waals surface area contributed by atoms with Gasteiger partial charge in [0.05, 0.1) is 0 Å². The van der Waals surface area contributed by atoms with Gasteiger partial charge in [-0.1, -0.05) is 32.1 Å². The third kappa shape index (κ3) is 3.22. The summed E-state index contributed by atoms with van der Waals surface area (Å²) in [7, 11) is 2.37. The van der Waals surface area contributed by atoms with E-state index in [9.17, 15) is 0 Å². The molecule has 2 atom stereocenters. The molecule has 0 radical (unpaired) electrons. The minimum atomic E-state index is 0.336. The van der Waals surface area contributed by atoms with E-state index in [2.05, 4.69) is 11.9 Å². The molecular formula is C18H34N2. The number of likely N-dealkylation sites (N-methyl/N-ethyl adjacent to an activating group) is 1. The Labute approximate surface area is 125 Å². The van der Waals surface area contributed by atoms with Gasteiger partial charge in [0.15, 0.2) is 0 Å². The molecular weight excluding hydrogens is 244 g/mol. The second-order valence-corrected chi connectivity index (χ2v) is 8.01. The highest BCUT2D eigenvalue weighted by Crippen LogP contribution is 2.48. The van der Waals surface area contributed by atoms with Gasteiger partial charge >= 0.3 is 0 Å². The SMILES string of the molecule is CN(CC1CCCCC1)C1(CN)CCCC(C2CC2)C1. The van der Waals surface area contributed by atoms with Crippen LogP contribution in [-0.4, -0.2) is 30.6 Å². The van der Waals surface area contributed by atoms with Crippen LogP contribution >= 0.6 is 0 Å². The Balaban J connectivity index is 1.60. The summed E-state index contributed by atoms with van der Waals surface area (Å²) in [5.74, 6) is 2.99. The average molecular weight is 278 g/mol. The van der Waals surface area contributed by atoms with Gasteiger partial charge < -0.3 is 5.73 Å². The first-order valence-electron chi connectivity index (χ1n) is 9.15. The van der Waals surface area contributed by atoms with E-state index in [1.165, 1.54) is 77.2 Å². The first kappa shape index (κ1) is 14.8. The Hall–Kier alpha value is -0.0800. The van der Waals surface area contributed by atoms with Crippen LogP contribution in [0.2, 0.25) is 0 Å². The molecule has 3 aliphatic rings. The second-order valence-electron chi connectivity index (χ2n) is 8.01. The molecule has 0 spiro atoms. The Morgan fingerprint density at radius 2 is 1.70 bits per heavy atom. The van der Waals surface area contributed by atoms with Gasteiger partial charge in [-0.3, -0.25) is 4.90 Å². The highest BCUT2D eigenvalue weighted by atomic mass is 15.2. The zero-order chi connectivity index (χ0) is 14.0. The molecule has 2 N–H and O–H groups in total. The van der Waals surface area contributed by atoms with Gasteiger partial charge in [0.1, 0.15) is 0 Å². The Morgan fingerprint density at radius 3 is 2.35 bits per heavy atom. The summed E-state index contributed by atoms with van der Waals surface area (Å²) in [6.07, 6.45) is 15.9. The fourth-order valence-corrected chi connectivity index (χ4v) is 4.99. The number of nitrogens with two attached hydrogens (primary N) is 1. The molecule has 0 aromatic carbocycles. The molecule has 0 aliphatic heterocycles. The molecule has 116 valence electrons. The van der Waals surface area contributed by atoms with Crippen molar-refractivity contribution in [2.45, 2.75) is 76.2 Å². The molecule has 3 rings (SSSR count). The molecule has 3 saturated carbocycles. The molecule has 2 nitrogen and oxygen atoms in total. The van der Waals surface area contributed by atoms with Gasteiger partial charge in [0.25, 0.3) is 0 Å². The Morgan fingerprint density at radius 1 is 0.950 bits per heavy atom. The minimum absolute atomic E-state index is 0.336. The maximum absolute atomic E-state index is 6.29. The highest BCUT2D eigenvalue weighted by Gasteiger charge is 2.43. The van der Waals surface area contributed by atoms with Gasteiger partial charge in [-0.25, -0.2) is 0 Å². The lowest BCUT2D eigenvalue weighted by molar-refractivity contribution is 0.0356. The molecule has 20 heavy (non-hydrogen) atoms. The predicted molar refractivity (Wildman–Crippen MR) is 85.7 cm³/mol. The Bertz CT molecular complexity index is 307. The van der Waals surface area contributed by atoms with Crippen molar-refractivity contribution in [1.29, 1.82) is 0 Å². The van der Waals surface area contributed by atoms with Crippen LogP contribution in [0.4, 0.5) is 0 Å². The van der Waals surface area contributed by atoms with E-state index in [0.29, 0.717) is 5.54 Å². The molecule has 0 bridgehead atoms. The van der Waals surface area contributed by atoms with Crippen molar-refractivity contribution in [3.63, 3.8) is 0 Å². The van der Waals surface area contributed by atoms with E-state index in [4.69, 9.17) is 5.73 Å². The van der Waals surface area contributed by atoms with E-state index in [1.54, 1.807) is 0 Å². The monoisotopic (exact) mass is 278 g/mol. The maximum atomic E-state index is 6.29. The summed E-state index contributed by atoms with van der Waals surface area (Å²) < 4.78 is 0. The van der Waals surface area contributed by atoms with Crippen molar-refractivity contribution in [2.24, 2.45) is 23.5 Å². The van der Waals surface area contributed by atoms with Crippen molar-refractivity contribution < 1.29 is 0 Å². The first-order chi connectivity index (χ1) is 9.73. The highest BCUT2D eigenvalue weighted by molar-refractivity contribution is 4.99. The molecule has 2 heteroatoms. The summed E-state index contributed by atoms with van der Waals surface area (Å²) in [5, 5.41) is 0. The van der Waals surface area contributed by atoms with Gasteiger partial charge in [0, 0.05) is 18.6 Å². The average Bonchev–Trinajstić information content (AvgIpc) is 3.33. The largest absolute Gasteiger partial charge is 0.329 e. The summed E-state index contributed by atoms with van der Waals surface area (Å²) in [5.41, 5.74) is 6.62. The van der Waals surface area contributed by atoms with Crippen LogP contribution in [0.5, 0.6) is 0 Å². The number of hydrogen-bond acceptors (Lipinski definition) is 2. The summed E-state index contributed by atoms with van der Waals surface area (Å²) in [6, 6.07) is 0. The third-order valence-electron chi connectivity index (χ3n) is 6.59. The van der Waals surface area contributed by atoms with Crippen LogP contribution in [0, 0.1) is 17.8 Å². The molecule has 0 aromatic heterocycles. The van der Waals surface area contributed by atoms with Gasteiger partial charge in [-0.2, -0.15) is 0 Å². The van der Waals surface area contributed by atoms with E-state index in [-0.39, 0.29) is 0 Å². The second kappa shape index (κ2) is 6.36. The van der Waals surface area contributed by atoms with Gasteiger partial charge in [-0.15, -0.1) is 0 Å². The normalized spacial score (nSPS) is 36.5. The fourth-order valence-electron chi connectivity index (χ4n) is 4.99. The molecule has 0 saturated heterocycles. The van der Waals surface area contributed by atoms with E-state index >= 15 is 0 Å². The summed E-state index contributed by atoms with van der Waals surface area (Å²) >= 11 is 0. The van der Waals surface area contributed by atoms with Crippen LogP contribution in [0.15, 0.2) is 0 Å². The molecule has 3 aliphatic carbocycles. The maximum Gasteiger partial charge on any atom is 0.0331 e. The lowest BCUT2D eigenvalue weighted by atomic mass is 9.72. The van der Waals surface area contributed by atoms with Crippen LogP contribution in [0.1, 0.15) is 70.6 Å². The van der Waals surface area contributed by atoms with Crippen molar-refractivity contribution in [2.75, 3.05) is 20.1 Å². The molecule has 0 amide bonds. The molecule has 2 unspecified atom stereocenters. The summed E-state index contributed by atoms with van der Waals surface area (Å²) in [4.78, 5) is 2.69. The molecule has 3 fully saturated rings. The summed E-state index contributed by atoms with van der Waals surface area (Å²) in [6.45, 7) is 2.17. The van der Waals surface area contributed by atoms with Crippen molar-refractivity contribution >= 4 is 0 Å². The fraction of sp³-hybridized carbons (Fsp3) is 1.00. The smallest absolute Gasteiger partial charge is 0.0331 e. The number of hydrogen-bond donors (Lipinski definition) is 1. The standard InChI is InChI=1S/C18H34N2/c1-20(13-15-6-3-2-4-7-15)18(14-19)11-5-8-17(12-18)16-9-10-16/h15-17H,2-14,19H2,1H3. The van der Waals surface area contributed by atoms with Crippen LogP contribution < -0.4 is 5.73 Å². The zero-order valence-corrected chi connectivity index (χ0v) is 13.4. The van der Waals surface area contributed by atoms with E-state index in [0.717, 1.165) is 24.3 Å². The van der Waals surface area contributed by atoms with Crippen molar-refractivity contribution in [1.82, 2.24) is 4.90 Å². The molecule has 0 aromatic rings. The lowest BCUT2D eigenvalue weighted by Gasteiger charge is -2.48. The lowest BCUT2D eigenvalue weighted by Crippen LogP contribution is -2.56. The quantitative estimate of drug-likeness (QED) is 0.829. The van der Waals surface area contributed by atoms with Crippen LogP contribution in [0.25, 0.3) is 0 Å². The van der Waals surface area contributed by atoms with Crippen molar-refractivity contribution in [3.8, 4) is 0 Å².